The predicted octanol–water partition coefficient (Wildman–Crippen LogP) is 2.45. The van der Waals surface area contributed by atoms with Crippen molar-refractivity contribution in [3.63, 3.8) is 0 Å². The average Bonchev–Trinajstić information content (AvgIpc) is 2.61. The summed E-state index contributed by atoms with van der Waals surface area (Å²) >= 11 is 1.07. The minimum absolute atomic E-state index is 0.00373. The van der Waals surface area contributed by atoms with E-state index in [2.05, 4.69) is 0 Å². The smallest absolute Gasteiger partial charge is 0.297 e. The summed E-state index contributed by atoms with van der Waals surface area (Å²) < 4.78 is 34.2. The molecule has 0 aromatic heterocycles. The van der Waals surface area contributed by atoms with Gasteiger partial charge in [-0.15, -0.1) is 0 Å². The average molecular weight is 399 g/mol. The summed E-state index contributed by atoms with van der Waals surface area (Å²) in [5.41, 5.74) is 2.04. The van der Waals surface area contributed by atoms with Crippen molar-refractivity contribution in [3.8, 4) is 0 Å². The molecule has 0 aliphatic heterocycles. The van der Waals surface area contributed by atoms with Gasteiger partial charge < -0.3 is 14.4 Å². The third-order valence-electron chi connectivity index (χ3n) is 3.56. The summed E-state index contributed by atoms with van der Waals surface area (Å²) in [4.78, 5) is 0.853. The van der Waals surface area contributed by atoms with Crippen LogP contribution in [0.2, 0.25) is 0 Å². The van der Waals surface area contributed by atoms with E-state index in [1.807, 2.05) is 38.1 Å². The van der Waals surface area contributed by atoms with Crippen LogP contribution in [0.25, 0.3) is 0 Å². The van der Waals surface area contributed by atoms with E-state index < -0.39 is 28.9 Å². The number of hydrogen-bond acceptors (Lipinski definition) is 7. The Morgan fingerprint density at radius 1 is 0.885 bits per heavy atom. The molecular weight excluding hydrogens is 376 g/mol. The topological polar surface area (TPSA) is 93.1 Å². The number of aryl methyl sites for hydroxylation is 2. The fourth-order valence-corrected chi connectivity index (χ4v) is 3.43. The lowest BCUT2D eigenvalue weighted by atomic mass is 10.2. The van der Waals surface area contributed by atoms with E-state index in [4.69, 9.17) is 8.37 Å². The highest BCUT2D eigenvalue weighted by atomic mass is 32.2. The summed E-state index contributed by atoms with van der Waals surface area (Å²) in [6, 6.07) is 13.8. The van der Waals surface area contributed by atoms with Crippen LogP contribution in [0.4, 0.5) is 0 Å². The van der Waals surface area contributed by atoms with Gasteiger partial charge in [0, 0.05) is 16.9 Å². The van der Waals surface area contributed by atoms with Gasteiger partial charge in [-0.3, -0.25) is 4.18 Å². The molecule has 0 bridgehead atoms. The first-order valence-corrected chi connectivity index (χ1v) is 10.1. The van der Waals surface area contributed by atoms with Gasteiger partial charge >= 0.3 is 0 Å². The highest BCUT2D eigenvalue weighted by Gasteiger charge is 2.22. The lowest BCUT2D eigenvalue weighted by Crippen LogP contribution is -2.34. The Hall–Kier alpha value is -1.42. The molecule has 2 N–H and O–H groups in total. The normalized spacial score (nSPS) is 14.2. The Kier molecular flexibility index (Phi) is 7.63. The van der Waals surface area contributed by atoms with Crippen LogP contribution in [0.5, 0.6) is 0 Å². The van der Waals surface area contributed by atoms with Gasteiger partial charge in [0.15, 0.2) is 0 Å². The Bertz CT molecular complexity index is 787. The van der Waals surface area contributed by atoms with Crippen LogP contribution < -0.4 is 0 Å². The second-order valence-corrected chi connectivity index (χ2v) is 8.36. The molecule has 2 atom stereocenters. The molecule has 8 heteroatoms. The molecule has 6 nitrogen and oxygen atoms in total. The van der Waals surface area contributed by atoms with Gasteiger partial charge in [0.1, 0.15) is 12.2 Å². The molecule has 0 saturated carbocycles. The van der Waals surface area contributed by atoms with Crippen LogP contribution in [0.1, 0.15) is 11.1 Å². The molecule has 0 aliphatic rings. The molecule has 26 heavy (non-hydrogen) atoms. The number of benzene rings is 2. The third kappa shape index (κ3) is 6.39. The van der Waals surface area contributed by atoms with Crippen LogP contribution in [0, 0.1) is 13.8 Å². The van der Waals surface area contributed by atoms with E-state index in [0.29, 0.717) is 0 Å². The van der Waals surface area contributed by atoms with Crippen molar-refractivity contribution >= 4 is 22.2 Å². The van der Waals surface area contributed by atoms with Gasteiger partial charge in [-0.25, -0.2) is 0 Å². The number of rotatable bonds is 9. The summed E-state index contributed by atoms with van der Waals surface area (Å²) in [5.74, 6) is 0. The standard InChI is InChI=1S/C18H22O6S2/c1-13-3-7-15(8-4-13)25-23-11-17(19)18(20)12-24-26(21,22)16-9-5-14(2)6-10-16/h3-10,17-20H,11-12H2,1-2H3. The largest absolute Gasteiger partial charge is 0.388 e. The third-order valence-corrected chi connectivity index (χ3v) is 5.58. The van der Waals surface area contributed by atoms with Crippen LogP contribution in [-0.2, 0) is 18.5 Å². The second-order valence-electron chi connectivity index (χ2n) is 5.87. The quantitative estimate of drug-likeness (QED) is 0.495. The zero-order chi connectivity index (χ0) is 19.2. The Morgan fingerprint density at radius 2 is 1.38 bits per heavy atom. The maximum absolute atomic E-state index is 12.0. The number of aliphatic hydroxyl groups excluding tert-OH is 2. The van der Waals surface area contributed by atoms with Crippen molar-refractivity contribution in [1.82, 2.24) is 0 Å². The summed E-state index contributed by atoms with van der Waals surface area (Å²) in [5, 5.41) is 19.8. The van der Waals surface area contributed by atoms with Crippen molar-refractivity contribution in [3.05, 3.63) is 59.7 Å². The molecular formula is C18H22O6S2. The maximum Gasteiger partial charge on any atom is 0.297 e. The fourth-order valence-electron chi connectivity index (χ4n) is 1.92. The van der Waals surface area contributed by atoms with Crippen LogP contribution >= 0.6 is 12.0 Å². The zero-order valence-electron chi connectivity index (χ0n) is 14.5. The van der Waals surface area contributed by atoms with Crippen molar-refractivity contribution in [1.29, 1.82) is 0 Å². The lowest BCUT2D eigenvalue weighted by Gasteiger charge is -2.17. The monoisotopic (exact) mass is 398 g/mol. The first kappa shape index (κ1) is 20.9. The summed E-state index contributed by atoms with van der Waals surface area (Å²) in [6.07, 6.45) is -2.67. The van der Waals surface area contributed by atoms with Gasteiger partial charge in [-0.2, -0.15) is 8.42 Å². The van der Waals surface area contributed by atoms with E-state index in [1.165, 1.54) is 12.1 Å². The SMILES string of the molecule is Cc1ccc(SOCC(O)C(O)COS(=O)(=O)c2ccc(C)cc2)cc1. The molecule has 2 aromatic carbocycles. The van der Waals surface area contributed by atoms with E-state index in [-0.39, 0.29) is 11.5 Å². The van der Waals surface area contributed by atoms with E-state index in [0.717, 1.165) is 28.1 Å². The summed E-state index contributed by atoms with van der Waals surface area (Å²) in [7, 11) is -3.99. The minimum atomic E-state index is -3.99. The van der Waals surface area contributed by atoms with E-state index in [9.17, 15) is 18.6 Å². The predicted molar refractivity (Wildman–Crippen MR) is 99.3 cm³/mol. The number of aliphatic hydroxyl groups is 2. The van der Waals surface area contributed by atoms with Crippen LogP contribution in [0.15, 0.2) is 58.3 Å². The lowest BCUT2D eigenvalue weighted by molar-refractivity contribution is -0.0246. The van der Waals surface area contributed by atoms with Crippen LogP contribution in [-0.4, -0.2) is 44.1 Å². The molecule has 2 unspecified atom stereocenters. The first-order valence-electron chi connectivity index (χ1n) is 7.96. The second kappa shape index (κ2) is 9.50. The Morgan fingerprint density at radius 3 is 1.96 bits per heavy atom. The zero-order valence-corrected chi connectivity index (χ0v) is 16.2. The van der Waals surface area contributed by atoms with Crippen molar-refractivity contribution in [2.75, 3.05) is 13.2 Å². The van der Waals surface area contributed by atoms with Crippen molar-refractivity contribution in [2.24, 2.45) is 0 Å². The van der Waals surface area contributed by atoms with Crippen LogP contribution in [0.3, 0.4) is 0 Å². The van der Waals surface area contributed by atoms with Gasteiger partial charge in [-0.1, -0.05) is 35.4 Å². The highest BCUT2D eigenvalue weighted by Crippen LogP contribution is 2.20. The minimum Gasteiger partial charge on any atom is -0.388 e. The van der Waals surface area contributed by atoms with Gasteiger partial charge in [0.25, 0.3) is 10.1 Å². The first-order chi connectivity index (χ1) is 12.3. The highest BCUT2D eigenvalue weighted by molar-refractivity contribution is 7.94. The molecule has 0 aliphatic carbocycles. The molecule has 2 rings (SSSR count). The van der Waals surface area contributed by atoms with E-state index in [1.54, 1.807) is 12.1 Å². The molecule has 0 saturated heterocycles. The van der Waals surface area contributed by atoms with Gasteiger partial charge in [0.2, 0.25) is 0 Å². The van der Waals surface area contributed by atoms with Gasteiger partial charge in [0.05, 0.1) is 18.1 Å². The Labute approximate surface area is 158 Å². The van der Waals surface area contributed by atoms with E-state index >= 15 is 0 Å². The molecule has 0 amide bonds. The van der Waals surface area contributed by atoms with Crippen molar-refractivity contribution < 1.29 is 27.0 Å². The molecule has 0 heterocycles. The Balaban J connectivity index is 1.78. The maximum atomic E-state index is 12.0. The molecule has 0 radical (unpaired) electrons. The number of hydrogen-bond donors (Lipinski definition) is 2. The molecule has 2 aromatic rings. The fraction of sp³-hybridized carbons (Fsp3) is 0.333. The molecule has 142 valence electrons. The molecule has 0 fully saturated rings. The molecule has 0 spiro atoms. The summed E-state index contributed by atoms with van der Waals surface area (Å²) in [6.45, 7) is 3.08. The van der Waals surface area contributed by atoms with Gasteiger partial charge in [-0.05, 0) is 38.1 Å². The van der Waals surface area contributed by atoms with Crippen molar-refractivity contribution in [2.45, 2.75) is 35.8 Å².